The number of phenols is 1. The lowest BCUT2D eigenvalue weighted by Crippen LogP contribution is -2.16. The summed E-state index contributed by atoms with van der Waals surface area (Å²) in [6.07, 6.45) is 3.14. The zero-order valence-corrected chi connectivity index (χ0v) is 12.2. The third-order valence-electron chi connectivity index (χ3n) is 2.81. The van der Waals surface area contributed by atoms with Crippen molar-refractivity contribution < 1.29 is 28.0 Å². The number of carbonyl (C=O) groups is 1. The third kappa shape index (κ3) is 3.81. The highest BCUT2D eigenvalue weighted by Crippen LogP contribution is 2.24. The topological polar surface area (TPSA) is 160 Å². The first-order valence-corrected chi connectivity index (χ1v) is 7.48. The fourth-order valence-electron chi connectivity index (χ4n) is 1.65. The van der Waals surface area contributed by atoms with E-state index in [9.17, 15) is 18.3 Å². The van der Waals surface area contributed by atoms with E-state index < -0.39 is 21.0 Å². The summed E-state index contributed by atoms with van der Waals surface area (Å²) in [6.45, 7) is 0. The molecule has 0 atom stereocenters. The van der Waals surface area contributed by atoms with Gasteiger partial charge in [0, 0.05) is 0 Å². The first-order chi connectivity index (χ1) is 10.7. The van der Waals surface area contributed by atoms with E-state index >= 15 is 0 Å². The van der Waals surface area contributed by atoms with Gasteiger partial charge in [-0.25, -0.2) is 4.79 Å². The minimum absolute atomic E-state index is 0.00292. The minimum atomic E-state index is -4.42. The van der Waals surface area contributed by atoms with Gasteiger partial charge in [0.25, 0.3) is 10.1 Å². The second-order valence-electron chi connectivity index (χ2n) is 4.41. The van der Waals surface area contributed by atoms with E-state index in [1.807, 2.05) is 0 Å². The highest BCUT2D eigenvalue weighted by atomic mass is 32.2. The molecule has 0 bridgehead atoms. The molecule has 120 valence electrons. The van der Waals surface area contributed by atoms with E-state index in [1.165, 1.54) is 18.2 Å². The lowest BCUT2D eigenvalue weighted by atomic mass is 10.1. The van der Waals surface area contributed by atoms with Crippen molar-refractivity contribution in [2.24, 2.45) is 5.10 Å². The number of allylic oxidation sites excluding steroid dienone is 3. The van der Waals surface area contributed by atoms with Gasteiger partial charge in [-0.1, -0.05) is 0 Å². The van der Waals surface area contributed by atoms with Gasteiger partial charge in [0.1, 0.15) is 11.5 Å². The highest BCUT2D eigenvalue weighted by Gasteiger charge is 2.17. The molecule has 0 unspecified atom stereocenters. The molecule has 0 saturated carbocycles. The lowest BCUT2D eigenvalue weighted by Gasteiger charge is -2.09. The molecule has 0 fully saturated rings. The summed E-state index contributed by atoms with van der Waals surface area (Å²) < 4.78 is 30.8. The van der Waals surface area contributed by atoms with E-state index in [0.29, 0.717) is 0 Å². The molecule has 1 aliphatic carbocycles. The molecule has 0 spiro atoms. The van der Waals surface area contributed by atoms with Crippen molar-refractivity contribution in [2.45, 2.75) is 0 Å². The number of hydrogen-bond donors (Lipinski definition) is 5. The Labute approximate surface area is 130 Å². The quantitative estimate of drug-likeness (QED) is 0.239. The van der Waals surface area contributed by atoms with Gasteiger partial charge in [0.2, 0.25) is 0 Å². The average molecular weight is 337 g/mol. The number of benzene rings is 1. The van der Waals surface area contributed by atoms with Crippen LogP contribution in [0.3, 0.4) is 0 Å². The largest absolute Gasteiger partial charge is 0.506 e. The molecular formula is C13H11N3O6S. The van der Waals surface area contributed by atoms with E-state index in [-0.39, 0.29) is 28.4 Å². The van der Waals surface area contributed by atoms with E-state index in [4.69, 9.17) is 15.1 Å². The molecule has 9 nitrogen and oxygen atoms in total. The van der Waals surface area contributed by atoms with Crippen molar-refractivity contribution in [3.8, 4) is 5.75 Å². The molecule has 0 saturated heterocycles. The number of carboxylic acids is 1. The lowest BCUT2D eigenvalue weighted by molar-refractivity contribution is 0.0697. The Morgan fingerprint density at radius 3 is 2.52 bits per heavy atom. The Balaban J connectivity index is 2.25. The SMILES string of the molecule is N=C1C=C(S(=O)(=O)O)C=C/C1=N/Nc1cc(C(=O)O)ccc1O. The molecule has 1 aromatic rings. The number of phenolic OH excluding ortho intramolecular Hbond substituents is 1. The molecule has 0 heterocycles. The first-order valence-electron chi connectivity index (χ1n) is 6.04. The van der Waals surface area contributed by atoms with Crippen LogP contribution in [0.4, 0.5) is 5.69 Å². The van der Waals surface area contributed by atoms with Crippen LogP contribution in [0, 0.1) is 5.41 Å². The number of aromatic carboxylic acids is 1. The summed E-state index contributed by atoms with van der Waals surface area (Å²) >= 11 is 0. The Bertz CT molecular complexity index is 883. The number of rotatable bonds is 4. The predicted octanol–water partition coefficient (Wildman–Crippen LogP) is 1.22. The van der Waals surface area contributed by atoms with Crippen molar-refractivity contribution in [2.75, 3.05) is 5.43 Å². The van der Waals surface area contributed by atoms with Crippen molar-refractivity contribution >= 4 is 33.2 Å². The number of hydrazone groups is 1. The minimum Gasteiger partial charge on any atom is -0.506 e. The van der Waals surface area contributed by atoms with Crippen LogP contribution in [-0.4, -0.2) is 40.6 Å². The molecule has 10 heteroatoms. The molecule has 23 heavy (non-hydrogen) atoms. The number of carboxylic acid groups (broad SMARTS) is 1. The second kappa shape index (κ2) is 6.02. The summed E-state index contributed by atoms with van der Waals surface area (Å²) in [6, 6.07) is 3.53. The molecule has 1 aliphatic rings. The monoisotopic (exact) mass is 337 g/mol. The number of anilines is 1. The van der Waals surface area contributed by atoms with Gasteiger partial charge >= 0.3 is 5.97 Å². The van der Waals surface area contributed by atoms with Crippen LogP contribution in [0.15, 0.2) is 46.4 Å². The Morgan fingerprint density at radius 2 is 1.96 bits per heavy atom. The maximum absolute atomic E-state index is 11.0. The smallest absolute Gasteiger partial charge is 0.335 e. The van der Waals surface area contributed by atoms with Gasteiger partial charge in [0.05, 0.1) is 21.9 Å². The number of nitrogens with one attached hydrogen (secondary N) is 2. The van der Waals surface area contributed by atoms with Crippen molar-refractivity contribution in [3.63, 3.8) is 0 Å². The fraction of sp³-hybridized carbons (Fsp3) is 0. The van der Waals surface area contributed by atoms with Crippen LogP contribution < -0.4 is 5.43 Å². The van der Waals surface area contributed by atoms with E-state index in [2.05, 4.69) is 10.5 Å². The number of nitrogens with zero attached hydrogens (tertiary/aromatic N) is 1. The summed E-state index contributed by atoms with van der Waals surface area (Å²) in [5, 5.41) is 30.0. The zero-order valence-electron chi connectivity index (χ0n) is 11.4. The molecule has 2 rings (SSSR count). The van der Waals surface area contributed by atoms with Crippen LogP contribution in [-0.2, 0) is 10.1 Å². The van der Waals surface area contributed by atoms with E-state index in [0.717, 1.165) is 18.2 Å². The maximum Gasteiger partial charge on any atom is 0.335 e. The molecule has 0 radical (unpaired) electrons. The number of aromatic hydroxyl groups is 1. The van der Waals surface area contributed by atoms with Gasteiger partial charge in [0.15, 0.2) is 0 Å². The van der Waals surface area contributed by atoms with Gasteiger partial charge in [-0.15, -0.1) is 0 Å². The van der Waals surface area contributed by atoms with Gasteiger partial charge in [-0.05, 0) is 36.4 Å². The molecule has 5 N–H and O–H groups in total. The second-order valence-corrected chi connectivity index (χ2v) is 5.84. The van der Waals surface area contributed by atoms with E-state index in [1.54, 1.807) is 0 Å². The van der Waals surface area contributed by atoms with Crippen molar-refractivity contribution in [1.29, 1.82) is 5.41 Å². The number of hydrogen-bond acceptors (Lipinski definition) is 7. The van der Waals surface area contributed by atoms with Crippen LogP contribution in [0.2, 0.25) is 0 Å². The maximum atomic E-state index is 11.0. The molecule has 0 aliphatic heterocycles. The summed E-state index contributed by atoms with van der Waals surface area (Å²) in [5.74, 6) is -1.44. The standard InChI is InChI=1S/C13H11N3O6S/c14-9-6-8(23(20,21)22)2-3-10(9)15-16-11-5-7(13(18)19)1-4-12(11)17/h1-6,14,16-17H,(H,18,19)(H,20,21,22)/b14-9?,15-10-. The van der Waals surface area contributed by atoms with Crippen LogP contribution in [0.1, 0.15) is 10.4 Å². The van der Waals surface area contributed by atoms with Crippen molar-refractivity contribution in [1.82, 2.24) is 0 Å². The van der Waals surface area contributed by atoms with Crippen LogP contribution in [0.5, 0.6) is 5.75 Å². The van der Waals surface area contributed by atoms with Crippen LogP contribution in [0.25, 0.3) is 0 Å². The first kappa shape index (κ1) is 16.4. The average Bonchev–Trinajstić information content (AvgIpc) is 2.46. The zero-order chi connectivity index (χ0) is 17.2. The summed E-state index contributed by atoms with van der Waals surface area (Å²) in [7, 11) is -4.42. The predicted molar refractivity (Wildman–Crippen MR) is 82.6 cm³/mol. The summed E-state index contributed by atoms with van der Waals surface area (Å²) in [4.78, 5) is 10.4. The fourth-order valence-corrected chi connectivity index (χ4v) is 2.16. The summed E-state index contributed by atoms with van der Waals surface area (Å²) in [5.41, 5.74) is 2.07. The van der Waals surface area contributed by atoms with Crippen LogP contribution >= 0.6 is 0 Å². The normalized spacial score (nSPS) is 16.3. The van der Waals surface area contributed by atoms with Crippen molar-refractivity contribution in [3.05, 3.63) is 46.9 Å². The molecule has 1 aromatic carbocycles. The van der Waals surface area contributed by atoms with Gasteiger partial charge in [-0.2, -0.15) is 13.5 Å². The molecule has 0 aromatic heterocycles. The highest BCUT2D eigenvalue weighted by molar-refractivity contribution is 7.90. The van der Waals surface area contributed by atoms with Gasteiger partial charge < -0.3 is 10.2 Å². The van der Waals surface area contributed by atoms with Gasteiger partial charge in [-0.3, -0.25) is 15.4 Å². The molecular weight excluding hydrogens is 326 g/mol. The third-order valence-corrected chi connectivity index (χ3v) is 3.66. The molecule has 0 amide bonds. The Kier molecular flexibility index (Phi) is 4.29. The Morgan fingerprint density at radius 1 is 1.26 bits per heavy atom. The Hall–Kier alpha value is -2.98.